The number of halogens is 3. The van der Waals surface area contributed by atoms with E-state index in [1.165, 1.54) is 4.90 Å². The number of nitrogens with one attached hydrogen (secondary N) is 1. The molecule has 2 aromatic rings. The molecule has 4 rings (SSSR count). The Kier molecular flexibility index (Phi) is 6.17. The van der Waals surface area contributed by atoms with Crippen molar-refractivity contribution < 1.29 is 14.3 Å². The van der Waals surface area contributed by atoms with E-state index in [0.717, 1.165) is 25.9 Å². The van der Waals surface area contributed by atoms with E-state index in [-0.39, 0.29) is 21.1 Å². The largest absolute Gasteiger partial charge is 0.465 e. The minimum absolute atomic E-state index is 0.169. The minimum atomic E-state index is -0.940. The van der Waals surface area contributed by atoms with Gasteiger partial charge in [-0.2, -0.15) is 4.98 Å². The van der Waals surface area contributed by atoms with Crippen LogP contribution in [0.4, 0.5) is 21.0 Å². The van der Waals surface area contributed by atoms with Gasteiger partial charge in [0, 0.05) is 37.6 Å². The maximum absolute atomic E-state index is 15.0. The molecule has 1 aromatic heterocycles. The summed E-state index contributed by atoms with van der Waals surface area (Å²) in [5.41, 5.74) is 0.187. The van der Waals surface area contributed by atoms with Crippen LogP contribution in [0.25, 0.3) is 10.9 Å². The molecule has 11 heteroatoms. The topological polar surface area (TPSA) is 84.8 Å². The number of aromatic nitrogens is 2. The number of carbonyl (C=O) groups is 1. The van der Waals surface area contributed by atoms with Gasteiger partial charge in [0.1, 0.15) is 11.3 Å². The second-order valence-corrected chi connectivity index (χ2v) is 8.93. The molecule has 0 bridgehead atoms. The molecular formula is C19H23BrClFN6O2. The molecule has 0 aliphatic carbocycles. The lowest BCUT2D eigenvalue weighted by molar-refractivity contribution is 0.142. The average Bonchev–Trinajstić information content (AvgIpc) is 2.74. The van der Waals surface area contributed by atoms with Crippen molar-refractivity contribution in [2.24, 2.45) is 0 Å². The first-order chi connectivity index (χ1) is 14.3. The van der Waals surface area contributed by atoms with Crippen molar-refractivity contribution in [3.63, 3.8) is 0 Å². The van der Waals surface area contributed by atoms with Gasteiger partial charge < -0.3 is 25.1 Å². The van der Waals surface area contributed by atoms with Gasteiger partial charge in [-0.1, -0.05) is 11.6 Å². The van der Waals surface area contributed by atoms with Crippen molar-refractivity contribution in [3.05, 3.63) is 21.4 Å². The summed E-state index contributed by atoms with van der Waals surface area (Å²) in [6, 6.07) is 1.87. The zero-order chi connectivity index (χ0) is 21.4. The predicted molar refractivity (Wildman–Crippen MR) is 118 cm³/mol. The first-order valence-electron chi connectivity index (χ1n) is 9.86. The number of carboxylic acid groups (broad SMARTS) is 1. The molecule has 2 fully saturated rings. The highest BCUT2D eigenvalue weighted by molar-refractivity contribution is 9.10. The van der Waals surface area contributed by atoms with Gasteiger partial charge in [-0.05, 0) is 55.0 Å². The standard InChI is InChI=1S/C19H23BrClFN6O2/c1-26-4-2-11(3-5-26)23-18-24-16-12(10-13(21)14(20)15(16)22)17(25-18)27-6-8-28(9-7-27)19(29)30/h10-11H,2-9H2,1H3,(H,29,30)(H,23,24,25). The van der Waals surface area contributed by atoms with Crippen molar-refractivity contribution in [1.82, 2.24) is 19.8 Å². The third kappa shape index (κ3) is 4.26. The minimum Gasteiger partial charge on any atom is -0.465 e. The van der Waals surface area contributed by atoms with Gasteiger partial charge in [0.15, 0.2) is 5.82 Å². The van der Waals surface area contributed by atoms with E-state index in [4.69, 9.17) is 16.6 Å². The number of anilines is 2. The number of benzene rings is 1. The quantitative estimate of drug-likeness (QED) is 0.623. The number of nitrogens with zero attached hydrogens (tertiary/aromatic N) is 5. The lowest BCUT2D eigenvalue weighted by Crippen LogP contribution is -2.48. The molecule has 162 valence electrons. The number of hydrogen-bond donors (Lipinski definition) is 2. The van der Waals surface area contributed by atoms with Gasteiger partial charge >= 0.3 is 6.09 Å². The molecule has 0 saturated carbocycles. The Morgan fingerprint density at radius 2 is 1.90 bits per heavy atom. The predicted octanol–water partition coefficient (Wildman–Crippen LogP) is 3.49. The fourth-order valence-corrected chi connectivity index (χ4v) is 4.40. The number of hydrogen-bond acceptors (Lipinski definition) is 6. The third-order valence-corrected chi connectivity index (χ3v) is 7.01. The Bertz CT molecular complexity index is 964. The Morgan fingerprint density at radius 1 is 1.23 bits per heavy atom. The maximum Gasteiger partial charge on any atom is 0.407 e. The summed E-state index contributed by atoms with van der Waals surface area (Å²) in [4.78, 5) is 26.0. The summed E-state index contributed by atoms with van der Waals surface area (Å²) < 4.78 is 15.2. The monoisotopic (exact) mass is 500 g/mol. The third-order valence-electron chi connectivity index (χ3n) is 5.71. The molecule has 0 spiro atoms. The van der Waals surface area contributed by atoms with Crippen LogP contribution in [0.5, 0.6) is 0 Å². The maximum atomic E-state index is 15.0. The fraction of sp³-hybridized carbons (Fsp3) is 0.526. The van der Waals surface area contributed by atoms with Gasteiger partial charge in [0.25, 0.3) is 0 Å². The highest BCUT2D eigenvalue weighted by Gasteiger charge is 2.26. The number of piperidine rings is 1. The van der Waals surface area contributed by atoms with Crippen molar-refractivity contribution in [2.75, 3.05) is 56.5 Å². The number of fused-ring (bicyclic) bond motifs is 1. The zero-order valence-corrected chi connectivity index (χ0v) is 18.9. The number of piperazine rings is 1. The van der Waals surface area contributed by atoms with Gasteiger partial charge in [0.2, 0.25) is 5.95 Å². The van der Waals surface area contributed by atoms with E-state index in [1.54, 1.807) is 6.07 Å². The summed E-state index contributed by atoms with van der Waals surface area (Å²) in [6.07, 6.45) is 0.971. The van der Waals surface area contributed by atoms with E-state index < -0.39 is 11.9 Å². The van der Waals surface area contributed by atoms with Gasteiger partial charge in [-0.25, -0.2) is 14.2 Å². The van der Waals surface area contributed by atoms with Gasteiger partial charge in [-0.3, -0.25) is 0 Å². The van der Waals surface area contributed by atoms with E-state index in [1.807, 2.05) is 4.90 Å². The lowest BCUT2D eigenvalue weighted by Gasteiger charge is -2.35. The van der Waals surface area contributed by atoms with Crippen molar-refractivity contribution in [2.45, 2.75) is 18.9 Å². The molecule has 8 nitrogen and oxygen atoms in total. The van der Waals surface area contributed by atoms with Crippen LogP contribution >= 0.6 is 27.5 Å². The highest BCUT2D eigenvalue weighted by atomic mass is 79.9. The second kappa shape index (κ2) is 8.68. The molecule has 1 amide bonds. The van der Waals surface area contributed by atoms with Crippen LogP contribution in [0, 0.1) is 5.82 Å². The van der Waals surface area contributed by atoms with E-state index in [2.05, 4.69) is 38.2 Å². The second-order valence-electron chi connectivity index (χ2n) is 7.73. The SMILES string of the molecule is CN1CCC(Nc2nc(N3CCN(C(=O)O)CC3)c3cc(Cl)c(Br)c(F)c3n2)CC1. The Balaban J connectivity index is 1.70. The number of rotatable bonds is 3. The van der Waals surface area contributed by atoms with E-state index in [9.17, 15) is 9.90 Å². The molecule has 2 aliphatic heterocycles. The fourth-order valence-electron chi connectivity index (χ4n) is 3.91. The summed E-state index contributed by atoms with van der Waals surface area (Å²) in [6.45, 7) is 3.58. The van der Waals surface area contributed by atoms with E-state index >= 15 is 4.39 Å². The van der Waals surface area contributed by atoms with E-state index in [0.29, 0.717) is 43.3 Å². The van der Waals surface area contributed by atoms with Crippen LogP contribution in [0.2, 0.25) is 5.02 Å². The van der Waals surface area contributed by atoms with Crippen LogP contribution in [0.15, 0.2) is 10.5 Å². The molecule has 2 N–H and O–H groups in total. The molecule has 0 radical (unpaired) electrons. The van der Waals surface area contributed by atoms with Crippen LogP contribution in [0.3, 0.4) is 0 Å². The first-order valence-corrected chi connectivity index (χ1v) is 11.0. The molecule has 1 aromatic carbocycles. The summed E-state index contributed by atoms with van der Waals surface area (Å²) >= 11 is 9.41. The van der Waals surface area contributed by atoms with Crippen LogP contribution in [-0.4, -0.2) is 83.3 Å². The van der Waals surface area contributed by atoms with Crippen molar-refractivity contribution in [3.8, 4) is 0 Å². The Morgan fingerprint density at radius 3 is 2.53 bits per heavy atom. The highest BCUT2D eigenvalue weighted by Crippen LogP contribution is 2.36. The van der Waals surface area contributed by atoms with Crippen LogP contribution < -0.4 is 10.2 Å². The van der Waals surface area contributed by atoms with Crippen molar-refractivity contribution >= 4 is 56.3 Å². The summed E-state index contributed by atoms with van der Waals surface area (Å²) in [7, 11) is 2.09. The zero-order valence-electron chi connectivity index (χ0n) is 16.5. The lowest BCUT2D eigenvalue weighted by atomic mass is 10.1. The molecule has 3 heterocycles. The molecule has 0 unspecified atom stereocenters. The number of likely N-dealkylation sites (tertiary alicyclic amines) is 1. The molecule has 2 aliphatic rings. The molecular weight excluding hydrogens is 479 g/mol. The smallest absolute Gasteiger partial charge is 0.407 e. The Labute approximate surface area is 187 Å². The van der Waals surface area contributed by atoms with Gasteiger partial charge in [0.05, 0.1) is 9.50 Å². The first kappa shape index (κ1) is 21.3. The van der Waals surface area contributed by atoms with Gasteiger partial charge in [-0.15, -0.1) is 0 Å². The normalized spacial score (nSPS) is 18.8. The molecule has 2 saturated heterocycles. The Hall–Kier alpha value is -1.91. The average molecular weight is 502 g/mol. The number of amides is 1. The van der Waals surface area contributed by atoms with Crippen molar-refractivity contribution in [1.29, 1.82) is 0 Å². The van der Waals surface area contributed by atoms with Crippen LogP contribution in [0.1, 0.15) is 12.8 Å². The van der Waals surface area contributed by atoms with Crippen LogP contribution in [-0.2, 0) is 0 Å². The molecule has 30 heavy (non-hydrogen) atoms. The molecule has 0 atom stereocenters. The summed E-state index contributed by atoms with van der Waals surface area (Å²) in [5, 5.41) is 13.3. The summed E-state index contributed by atoms with van der Waals surface area (Å²) in [5.74, 6) is 0.409.